The van der Waals surface area contributed by atoms with Gasteiger partial charge in [-0.25, -0.2) is 0 Å². The third kappa shape index (κ3) is 4.09. The van der Waals surface area contributed by atoms with E-state index >= 15 is 0 Å². The first-order chi connectivity index (χ1) is 11.0. The largest absolute Gasteiger partial charge is 0.483 e. The Morgan fingerprint density at radius 1 is 1.39 bits per heavy atom. The Bertz CT molecular complexity index is 736. The maximum Gasteiger partial charge on any atom is 0.207 e. The number of fused-ring (bicyclic) bond motifs is 1. The highest BCUT2D eigenvalue weighted by atomic mass is 16.5. The molecule has 0 aromatic heterocycles. The summed E-state index contributed by atoms with van der Waals surface area (Å²) < 4.78 is 11.0. The van der Waals surface area contributed by atoms with E-state index in [1.165, 1.54) is 0 Å². The fraction of sp³-hybridized carbons (Fsp3) is 0.353. The van der Waals surface area contributed by atoms with Crippen molar-refractivity contribution in [2.45, 2.75) is 25.9 Å². The number of nitrogens with one attached hydrogen (secondary N) is 1. The number of hydrogen-bond donors (Lipinski definition) is 1. The predicted molar refractivity (Wildman–Crippen MR) is 86.5 cm³/mol. The second-order valence-corrected chi connectivity index (χ2v) is 5.61. The highest BCUT2D eigenvalue weighted by Gasteiger charge is 2.27. The number of benzene rings is 1. The zero-order chi connectivity index (χ0) is 16.9. The Kier molecular flexibility index (Phi) is 5.00. The van der Waals surface area contributed by atoms with Crippen molar-refractivity contribution in [2.75, 3.05) is 13.7 Å². The molecule has 0 saturated carbocycles. The number of methoxy groups -OCH3 is 1. The summed E-state index contributed by atoms with van der Waals surface area (Å²) in [5.41, 5.74) is 1.56. The molecule has 118 valence electrons. The van der Waals surface area contributed by atoms with E-state index in [-0.39, 0.29) is 0 Å². The highest BCUT2D eigenvalue weighted by molar-refractivity contribution is 5.93. The first-order valence-electron chi connectivity index (χ1n) is 7.17. The Morgan fingerprint density at radius 2 is 2.17 bits per heavy atom. The Labute approximate surface area is 135 Å². The number of amidine groups is 1. The van der Waals surface area contributed by atoms with Gasteiger partial charge in [0, 0.05) is 19.1 Å². The molecule has 1 aromatic carbocycles. The van der Waals surface area contributed by atoms with Gasteiger partial charge in [0.05, 0.1) is 23.9 Å². The molecule has 0 aliphatic carbocycles. The second kappa shape index (κ2) is 6.95. The number of aliphatic imine (C=N–C) groups is 1. The van der Waals surface area contributed by atoms with Crippen molar-refractivity contribution in [3.8, 4) is 18.0 Å². The molecular formula is C17H18N4O2. The van der Waals surface area contributed by atoms with E-state index in [1.54, 1.807) is 31.5 Å². The van der Waals surface area contributed by atoms with Crippen molar-refractivity contribution < 1.29 is 9.47 Å². The molecule has 2 rings (SSSR count). The van der Waals surface area contributed by atoms with Gasteiger partial charge in [0.15, 0.2) is 0 Å². The molecule has 0 atom stereocenters. The zero-order valence-electron chi connectivity index (χ0n) is 13.4. The Morgan fingerprint density at radius 3 is 2.83 bits per heavy atom. The standard InChI is InChI=1S/C17H18N4O2/c1-17(2)9-14(21-16(20-11-19)6-7-22-3)13-8-12(10-18)4-5-15(13)23-17/h4-5,8-9H,6-7H2,1-3H3,(H,20,21). The van der Waals surface area contributed by atoms with Gasteiger partial charge >= 0.3 is 0 Å². The van der Waals surface area contributed by atoms with Crippen LogP contribution < -0.4 is 10.1 Å². The summed E-state index contributed by atoms with van der Waals surface area (Å²) in [6, 6.07) is 7.37. The average molecular weight is 310 g/mol. The van der Waals surface area contributed by atoms with Crippen LogP contribution in [0.4, 0.5) is 0 Å². The lowest BCUT2D eigenvalue weighted by Gasteiger charge is -2.31. The van der Waals surface area contributed by atoms with E-state index < -0.39 is 5.60 Å². The van der Waals surface area contributed by atoms with Gasteiger partial charge in [-0.15, -0.1) is 0 Å². The molecule has 1 heterocycles. The van der Waals surface area contributed by atoms with Gasteiger partial charge in [-0.3, -0.25) is 0 Å². The normalized spacial score (nSPS) is 15.5. The van der Waals surface area contributed by atoms with Crippen molar-refractivity contribution in [1.82, 2.24) is 5.32 Å². The van der Waals surface area contributed by atoms with Gasteiger partial charge in [0.25, 0.3) is 0 Å². The minimum absolute atomic E-state index is 0.450. The monoisotopic (exact) mass is 310 g/mol. The van der Waals surface area contributed by atoms with Crippen LogP contribution in [-0.4, -0.2) is 25.2 Å². The maximum absolute atomic E-state index is 9.10. The molecule has 1 aliphatic rings. The molecule has 1 aliphatic heterocycles. The minimum atomic E-state index is -0.511. The first-order valence-corrected chi connectivity index (χ1v) is 7.17. The Hall–Kier alpha value is -2.83. The molecule has 0 spiro atoms. The molecule has 1 aromatic rings. The van der Waals surface area contributed by atoms with Crippen LogP contribution in [0.1, 0.15) is 31.4 Å². The molecule has 0 fully saturated rings. The van der Waals surface area contributed by atoms with Crippen molar-refractivity contribution in [2.24, 2.45) is 4.99 Å². The summed E-state index contributed by atoms with van der Waals surface area (Å²) in [7, 11) is 1.59. The van der Waals surface area contributed by atoms with E-state index in [2.05, 4.69) is 16.4 Å². The van der Waals surface area contributed by atoms with Gasteiger partial charge in [0.2, 0.25) is 6.19 Å². The summed E-state index contributed by atoms with van der Waals surface area (Å²) >= 11 is 0. The summed E-state index contributed by atoms with van der Waals surface area (Å²) in [6.07, 6.45) is 4.19. The third-order valence-corrected chi connectivity index (χ3v) is 3.27. The predicted octanol–water partition coefficient (Wildman–Crippen LogP) is 2.58. The molecule has 23 heavy (non-hydrogen) atoms. The number of hydrogen-bond acceptors (Lipinski definition) is 5. The molecule has 0 radical (unpaired) electrons. The average Bonchev–Trinajstić information content (AvgIpc) is 2.51. The van der Waals surface area contributed by atoms with Gasteiger partial charge in [-0.05, 0) is 38.1 Å². The summed E-state index contributed by atoms with van der Waals surface area (Å²) in [4.78, 5) is 3.80. The molecule has 0 unspecified atom stereocenters. The number of ether oxygens (including phenoxy) is 2. The van der Waals surface area contributed by atoms with Gasteiger partial charge in [-0.2, -0.15) is 15.5 Å². The van der Waals surface area contributed by atoms with E-state index in [1.807, 2.05) is 19.9 Å². The summed E-state index contributed by atoms with van der Waals surface area (Å²) in [5.74, 6) is 1.19. The summed E-state index contributed by atoms with van der Waals surface area (Å²) in [5, 5.41) is 21.1. The van der Waals surface area contributed by atoms with Crippen LogP contribution in [0.2, 0.25) is 0 Å². The van der Waals surface area contributed by atoms with E-state index in [0.717, 1.165) is 11.3 Å². The minimum Gasteiger partial charge on any atom is -0.483 e. The molecular weight excluding hydrogens is 292 g/mol. The topological polar surface area (TPSA) is 90.4 Å². The third-order valence-electron chi connectivity index (χ3n) is 3.27. The van der Waals surface area contributed by atoms with Crippen molar-refractivity contribution in [1.29, 1.82) is 10.5 Å². The van der Waals surface area contributed by atoms with Crippen LogP contribution in [0.5, 0.6) is 5.75 Å². The number of rotatable bonds is 4. The SMILES string of the molecule is COCC/C(=N/C#N)NC1=CC(C)(C)Oc2ccc(C#N)cc21. The van der Waals surface area contributed by atoms with E-state index in [9.17, 15) is 0 Å². The van der Waals surface area contributed by atoms with E-state index in [4.69, 9.17) is 20.0 Å². The first kappa shape index (κ1) is 16.5. The van der Waals surface area contributed by atoms with Crippen LogP contribution in [0, 0.1) is 22.8 Å². The lowest BCUT2D eigenvalue weighted by atomic mass is 9.97. The molecule has 0 saturated heterocycles. The lowest BCUT2D eigenvalue weighted by Crippen LogP contribution is -2.33. The molecule has 6 heteroatoms. The van der Waals surface area contributed by atoms with Crippen LogP contribution >= 0.6 is 0 Å². The number of nitriles is 2. The molecule has 1 N–H and O–H groups in total. The summed E-state index contributed by atoms with van der Waals surface area (Å²) in [6.45, 7) is 4.32. The van der Waals surface area contributed by atoms with Crippen LogP contribution in [0.3, 0.4) is 0 Å². The second-order valence-electron chi connectivity index (χ2n) is 5.61. The highest BCUT2D eigenvalue weighted by Crippen LogP contribution is 2.35. The lowest BCUT2D eigenvalue weighted by molar-refractivity contribution is 0.157. The van der Waals surface area contributed by atoms with Gasteiger partial charge < -0.3 is 14.8 Å². The fourth-order valence-corrected chi connectivity index (χ4v) is 2.30. The zero-order valence-corrected chi connectivity index (χ0v) is 13.4. The smallest absolute Gasteiger partial charge is 0.207 e. The van der Waals surface area contributed by atoms with Gasteiger partial charge in [-0.1, -0.05) is 0 Å². The molecule has 0 bridgehead atoms. The van der Waals surface area contributed by atoms with Crippen LogP contribution in [-0.2, 0) is 4.74 Å². The maximum atomic E-state index is 9.10. The van der Waals surface area contributed by atoms with Crippen molar-refractivity contribution >= 4 is 11.5 Å². The molecule has 6 nitrogen and oxygen atoms in total. The van der Waals surface area contributed by atoms with Crippen LogP contribution in [0.15, 0.2) is 29.3 Å². The number of nitrogens with zero attached hydrogens (tertiary/aromatic N) is 3. The fourth-order valence-electron chi connectivity index (χ4n) is 2.30. The van der Waals surface area contributed by atoms with Crippen molar-refractivity contribution in [3.05, 3.63) is 35.4 Å². The van der Waals surface area contributed by atoms with Crippen molar-refractivity contribution in [3.63, 3.8) is 0 Å². The Balaban J connectivity index is 2.40. The van der Waals surface area contributed by atoms with E-state index in [0.29, 0.717) is 30.2 Å². The quantitative estimate of drug-likeness (QED) is 0.524. The van der Waals surface area contributed by atoms with Gasteiger partial charge in [0.1, 0.15) is 17.2 Å². The van der Waals surface area contributed by atoms with Crippen LogP contribution in [0.25, 0.3) is 5.70 Å². The molecule has 0 amide bonds.